The van der Waals surface area contributed by atoms with E-state index in [4.69, 9.17) is 10.5 Å². The maximum absolute atomic E-state index is 13.1. The average molecular weight is 201 g/mol. The summed E-state index contributed by atoms with van der Waals surface area (Å²) >= 11 is 0. The Labute approximate surface area is 81.7 Å². The van der Waals surface area contributed by atoms with Crippen molar-refractivity contribution in [2.45, 2.75) is 26.0 Å². The Bertz CT molecular complexity index is 315. The van der Waals surface area contributed by atoms with Crippen LogP contribution in [0.15, 0.2) is 18.2 Å². The van der Waals surface area contributed by atoms with E-state index in [0.717, 1.165) is 18.2 Å². The molecule has 0 saturated heterocycles. The zero-order valence-corrected chi connectivity index (χ0v) is 8.13. The average Bonchev–Trinajstić information content (AvgIpc) is 2.11. The van der Waals surface area contributed by atoms with E-state index in [0.29, 0.717) is 0 Å². The monoisotopic (exact) mass is 201 g/mol. The molecule has 0 aromatic heterocycles. The van der Waals surface area contributed by atoms with Gasteiger partial charge >= 0.3 is 0 Å². The second-order valence-corrected chi connectivity index (χ2v) is 3.26. The van der Waals surface area contributed by atoms with E-state index in [1.165, 1.54) is 0 Å². The molecule has 0 saturated carbocycles. The van der Waals surface area contributed by atoms with Gasteiger partial charge in [0.1, 0.15) is 11.9 Å². The minimum atomic E-state index is -0.584. The molecule has 1 unspecified atom stereocenters. The highest BCUT2D eigenvalue weighted by Crippen LogP contribution is 2.19. The van der Waals surface area contributed by atoms with Crippen molar-refractivity contribution in [3.8, 4) is 5.75 Å². The first-order chi connectivity index (χ1) is 6.50. The number of hydrogen-bond donors (Lipinski definition) is 1. The number of nitrogens with two attached hydrogens (primary N) is 1. The molecule has 1 aromatic rings. The second kappa shape index (κ2) is 4.37. The van der Waals surface area contributed by atoms with E-state index >= 15 is 0 Å². The van der Waals surface area contributed by atoms with Gasteiger partial charge in [-0.05, 0) is 26.0 Å². The lowest BCUT2D eigenvalue weighted by atomic mass is 10.2. The molecule has 2 nitrogen and oxygen atoms in total. The normalized spacial score (nSPS) is 14.9. The molecule has 2 N–H and O–H groups in total. The van der Waals surface area contributed by atoms with Gasteiger partial charge in [-0.25, -0.2) is 8.78 Å². The summed E-state index contributed by atoms with van der Waals surface area (Å²) in [6, 6.07) is 2.84. The van der Waals surface area contributed by atoms with E-state index in [1.54, 1.807) is 13.8 Å². The van der Waals surface area contributed by atoms with Gasteiger partial charge in [-0.3, -0.25) is 0 Å². The van der Waals surface area contributed by atoms with Crippen LogP contribution < -0.4 is 10.5 Å². The topological polar surface area (TPSA) is 35.2 Å². The number of halogens is 2. The van der Waals surface area contributed by atoms with Crippen LogP contribution >= 0.6 is 0 Å². The lowest BCUT2D eigenvalue weighted by Gasteiger charge is -2.18. The Balaban J connectivity index is 2.80. The van der Waals surface area contributed by atoms with Gasteiger partial charge in [-0.15, -0.1) is 0 Å². The number of benzene rings is 1. The summed E-state index contributed by atoms with van der Waals surface area (Å²) in [7, 11) is 0. The quantitative estimate of drug-likeness (QED) is 0.812. The maximum Gasteiger partial charge on any atom is 0.165 e. The molecule has 0 fully saturated rings. The minimum Gasteiger partial charge on any atom is -0.486 e. The summed E-state index contributed by atoms with van der Waals surface area (Å²) in [5.41, 5.74) is 5.53. The molecule has 0 heterocycles. The Hall–Kier alpha value is -1.16. The van der Waals surface area contributed by atoms with Crippen LogP contribution in [0.4, 0.5) is 8.78 Å². The summed E-state index contributed by atoms with van der Waals surface area (Å²) in [6.45, 7) is 3.44. The fourth-order valence-electron chi connectivity index (χ4n) is 0.875. The van der Waals surface area contributed by atoms with Crippen molar-refractivity contribution in [3.05, 3.63) is 29.8 Å². The molecule has 1 aromatic carbocycles. The van der Waals surface area contributed by atoms with E-state index in [9.17, 15) is 8.78 Å². The minimum absolute atomic E-state index is 0.102. The van der Waals surface area contributed by atoms with Crippen LogP contribution in [0.2, 0.25) is 0 Å². The molecule has 0 aliphatic rings. The van der Waals surface area contributed by atoms with E-state index in [1.807, 2.05) is 0 Å². The maximum atomic E-state index is 13.1. The van der Waals surface area contributed by atoms with Crippen molar-refractivity contribution < 1.29 is 13.5 Å². The summed E-state index contributed by atoms with van der Waals surface area (Å²) in [4.78, 5) is 0. The molecule has 0 aliphatic carbocycles. The van der Waals surface area contributed by atoms with Gasteiger partial charge in [-0.2, -0.15) is 0 Å². The molecule has 1 rings (SSSR count). The molecule has 14 heavy (non-hydrogen) atoms. The largest absolute Gasteiger partial charge is 0.486 e. The highest BCUT2D eigenvalue weighted by atomic mass is 19.1. The first kappa shape index (κ1) is 10.9. The molecule has 0 amide bonds. The van der Waals surface area contributed by atoms with Crippen molar-refractivity contribution in [1.82, 2.24) is 0 Å². The van der Waals surface area contributed by atoms with Crippen LogP contribution in [0.5, 0.6) is 5.75 Å². The highest BCUT2D eigenvalue weighted by Gasteiger charge is 2.12. The zero-order valence-electron chi connectivity index (χ0n) is 8.13. The summed E-state index contributed by atoms with van der Waals surface area (Å²) in [6.07, 6.45) is -0.355. The first-order valence-electron chi connectivity index (χ1n) is 4.38. The fourth-order valence-corrected chi connectivity index (χ4v) is 0.875. The van der Waals surface area contributed by atoms with Gasteiger partial charge < -0.3 is 10.5 Å². The third kappa shape index (κ3) is 2.67. The van der Waals surface area contributed by atoms with Crippen LogP contribution in [0, 0.1) is 11.6 Å². The van der Waals surface area contributed by atoms with Crippen LogP contribution in [0.1, 0.15) is 13.8 Å². The fraction of sp³-hybridized carbons (Fsp3) is 0.400. The molecule has 0 aliphatic heterocycles. The Morgan fingerprint density at radius 3 is 2.50 bits per heavy atom. The molecule has 0 bridgehead atoms. The van der Waals surface area contributed by atoms with Gasteiger partial charge in [0.25, 0.3) is 0 Å². The van der Waals surface area contributed by atoms with Gasteiger partial charge in [0.2, 0.25) is 0 Å². The molecule has 0 spiro atoms. The second-order valence-electron chi connectivity index (χ2n) is 3.26. The van der Waals surface area contributed by atoms with Crippen LogP contribution in [0.3, 0.4) is 0 Å². The third-order valence-corrected chi connectivity index (χ3v) is 1.95. The van der Waals surface area contributed by atoms with Crippen molar-refractivity contribution in [1.29, 1.82) is 0 Å². The van der Waals surface area contributed by atoms with Crippen LogP contribution in [-0.2, 0) is 0 Å². The van der Waals surface area contributed by atoms with Gasteiger partial charge in [-0.1, -0.05) is 0 Å². The number of ether oxygens (including phenoxy) is 1. The summed E-state index contributed by atoms with van der Waals surface area (Å²) < 4.78 is 30.9. The smallest absolute Gasteiger partial charge is 0.165 e. The molecule has 0 radical (unpaired) electrons. The lowest BCUT2D eigenvalue weighted by molar-refractivity contribution is 0.187. The van der Waals surface area contributed by atoms with Gasteiger partial charge in [0.15, 0.2) is 11.6 Å². The van der Waals surface area contributed by atoms with Crippen molar-refractivity contribution >= 4 is 0 Å². The zero-order chi connectivity index (χ0) is 10.7. The van der Waals surface area contributed by atoms with E-state index in [2.05, 4.69) is 0 Å². The number of hydrogen-bond acceptors (Lipinski definition) is 2. The molecule has 78 valence electrons. The van der Waals surface area contributed by atoms with Crippen LogP contribution in [-0.4, -0.2) is 12.1 Å². The van der Waals surface area contributed by atoms with E-state index in [-0.39, 0.29) is 17.9 Å². The molecule has 4 heteroatoms. The Morgan fingerprint density at radius 2 is 1.93 bits per heavy atom. The predicted octanol–water partition coefficient (Wildman–Crippen LogP) is 2.08. The molecule has 2 atom stereocenters. The van der Waals surface area contributed by atoms with Crippen molar-refractivity contribution in [3.63, 3.8) is 0 Å². The van der Waals surface area contributed by atoms with Gasteiger partial charge in [0, 0.05) is 12.1 Å². The van der Waals surface area contributed by atoms with E-state index < -0.39 is 11.6 Å². The molecular weight excluding hydrogens is 188 g/mol. The lowest BCUT2D eigenvalue weighted by Crippen LogP contribution is -2.33. The number of rotatable bonds is 3. The predicted molar refractivity (Wildman–Crippen MR) is 50.1 cm³/mol. The Kier molecular flexibility index (Phi) is 3.41. The SMILES string of the molecule is CC(Oc1cc(F)ccc1F)[C@H](C)N. The highest BCUT2D eigenvalue weighted by molar-refractivity contribution is 5.25. The van der Waals surface area contributed by atoms with Crippen molar-refractivity contribution in [2.24, 2.45) is 5.73 Å². The van der Waals surface area contributed by atoms with Crippen LogP contribution in [0.25, 0.3) is 0 Å². The molecular formula is C10H13F2NO. The first-order valence-corrected chi connectivity index (χ1v) is 4.38. The standard InChI is InChI=1S/C10H13F2NO/c1-6(13)7(2)14-10-5-8(11)3-4-9(10)12/h3-7H,13H2,1-2H3/t6-,7?/m0/s1. The summed E-state index contributed by atoms with van der Waals surface area (Å²) in [5, 5.41) is 0. The third-order valence-electron chi connectivity index (χ3n) is 1.95. The Morgan fingerprint density at radius 1 is 1.29 bits per heavy atom. The van der Waals surface area contributed by atoms with Crippen molar-refractivity contribution in [2.75, 3.05) is 0 Å². The summed E-state index contributed by atoms with van der Waals surface area (Å²) in [5.74, 6) is -1.22. The van der Waals surface area contributed by atoms with Gasteiger partial charge in [0.05, 0.1) is 0 Å².